The monoisotopic (exact) mass is 173 g/mol. The van der Waals surface area contributed by atoms with Gasteiger partial charge in [-0.15, -0.1) is 0 Å². The molecule has 64 valence electrons. The highest BCUT2D eigenvalue weighted by Crippen LogP contribution is 2.19. The second kappa shape index (κ2) is 3.23. The van der Waals surface area contributed by atoms with E-state index in [2.05, 4.69) is 5.16 Å². The lowest BCUT2D eigenvalue weighted by atomic mass is 10.1. The Labute approximate surface area is 75.3 Å². The van der Waals surface area contributed by atoms with E-state index in [1.807, 2.05) is 0 Å². The lowest BCUT2D eigenvalue weighted by Crippen LogP contribution is -2.00. The van der Waals surface area contributed by atoms with E-state index in [0.29, 0.717) is 11.3 Å². The zero-order valence-electron chi connectivity index (χ0n) is 6.81. The zero-order valence-corrected chi connectivity index (χ0v) is 6.81. The van der Waals surface area contributed by atoms with Gasteiger partial charge in [-0.05, 0) is 24.3 Å². The molecule has 0 atom stereocenters. The quantitative estimate of drug-likeness (QED) is 0.600. The molecular weight excluding hydrogens is 166 g/mol. The summed E-state index contributed by atoms with van der Waals surface area (Å²) in [5, 5.41) is 3.64. The van der Waals surface area contributed by atoms with Gasteiger partial charge in [0.1, 0.15) is 0 Å². The Kier molecular flexibility index (Phi) is 1.92. The number of nitrogens with zero attached hydrogens (tertiary/aromatic N) is 1. The van der Waals surface area contributed by atoms with Crippen molar-refractivity contribution in [2.45, 2.75) is 0 Å². The van der Waals surface area contributed by atoms with Crippen LogP contribution in [0.4, 0.5) is 0 Å². The second-order valence-corrected chi connectivity index (χ2v) is 2.57. The van der Waals surface area contributed by atoms with Crippen molar-refractivity contribution < 1.29 is 9.63 Å². The molecule has 0 saturated heterocycles. The summed E-state index contributed by atoms with van der Waals surface area (Å²) >= 11 is 0. The molecule has 0 aromatic heterocycles. The molecule has 0 amide bonds. The number of hydrogen-bond acceptors (Lipinski definition) is 3. The predicted molar refractivity (Wildman–Crippen MR) is 49.0 cm³/mol. The number of ketones is 1. The second-order valence-electron chi connectivity index (χ2n) is 2.57. The lowest BCUT2D eigenvalue weighted by Gasteiger charge is -2.04. The topological polar surface area (TPSA) is 38.7 Å². The molecule has 0 N–H and O–H groups in total. The van der Waals surface area contributed by atoms with Crippen molar-refractivity contribution in [2.24, 2.45) is 5.16 Å². The fraction of sp³-hybridized carbons (Fsp3) is 0. The first-order valence-corrected chi connectivity index (χ1v) is 3.88. The van der Waals surface area contributed by atoms with Gasteiger partial charge in [0, 0.05) is 0 Å². The van der Waals surface area contributed by atoms with E-state index < -0.39 is 0 Å². The molecule has 0 bridgehead atoms. The summed E-state index contributed by atoms with van der Waals surface area (Å²) in [4.78, 5) is 16.4. The molecular formula is C10H7NO2. The number of carbonyl (C=O) groups excluding carboxylic acids is 1. The van der Waals surface area contributed by atoms with Crippen molar-refractivity contribution >= 4 is 12.0 Å². The van der Waals surface area contributed by atoms with Gasteiger partial charge in [-0.25, -0.2) is 0 Å². The normalized spacial score (nSPS) is 19.2. The molecule has 13 heavy (non-hydrogen) atoms. The first-order chi connectivity index (χ1) is 6.38. The lowest BCUT2D eigenvalue weighted by molar-refractivity contribution is 0.104. The third-order valence-electron chi connectivity index (χ3n) is 1.70. The largest absolute Gasteiger partial charge is 0.356 e. The minimum atomic E-state index is -0.0678. The van der Waals surface area contributed by atoms with Gasteiger partial charge in [0.05, 0.1) is 11.8 Å². The molecule has 0 saturated carbocycles. The molecule has 1 aromatic rings. The van der Waals surface area contributed by atoms with Crippen molar-refractivity contribution in [3.05, 3.63) is 42.0 Å². The van der Waals surface area contributed by atoms with Crippen LogP contribution in [0.25, 0.3) is 0 Å². The average Bonchev–Trinajstić information content (AvgIpc) is 2.14. The maximum Gasteiger partial charge on any atom is 0.189 e. The van der Waals surface area contributed by atoms with Gasteiger partial charge in [-0.1, -0.05) is 17.3 Å². The summed E-state index contributed by atoms with van der Waals surface area (Å²) in [5.41, 5.74) is 0.538. The van der Waals surface area contributed by atoms with Crippen LogP contribution in [-0.2, 0) is 0 Å². The first kappa shape index (κ1) is 7.73. The fourth-order valence-electron chi connectivity index (χ4n) is 1.09. The number of rotatable bonds is 0. The van der Waals surface area contributed by atoms with Crippen LogP contribution in [0.5, 0.6) is 5.75 Å². The van der Waals surface area contributed by atoms with Crippen molar-refractivity contribution in [3.8, 4) is 5.75 Å². The van der Waals surface area contributed by atoms with Gasteiger partial charge in [0.25, 0.3) is 0 Å². The molecule has 2 rings (SSSR count). The summed E-state index contributed by atoms with van der Waals surface area (Å²) in [6.45, 7) is 0. The number of allylic oxidation sites excluding steroid dienone is 2. The van der Waals surface area contributed by atoms with Crippen molar-refractivity contribution in [2.75, 3.05) is 0 Å². The van der Waals surface area contributed by atoms with E-state index in [1.165, 1.54) is 12.3 Å². The van der Waals surface area contributed by atoms with E-state index in [-0.39, 0.29) is 5.78 Å². The standard InChI is InChI=1S/C10H7NO2/c12-9-5-3-7-11-13-10-6-2-1-4-8(9)10/h1-7H/b5-3-,11-7-. The summed E-state index contributed by atoms with van der Waals surface area (Å²) in [6, 6.07) is 7.01. The van der Waals surface area contributed by atoms with E-state index >= 15 is 0 Å². The first-order valence-electron chi connectivity index (χ1n) is 3.88. The minimum absolute atomic E-state index is 0.0678. The molecule has 0 spiro atoms. The Hall–Kier alpha value is -1.90. The van der Waals surface area contributed by atoms with Gasteiger partial charge < -0.3 is 4.84 Å². The number of benzene rings is 1. The molecule has 0 fully saturated rings. The average molecular weight is 173 g/mol. The van der Waals surface area contributed by atoms with Crippen LogP contribution >= 0.6 is 0 Å². The molecule has 1 aromatic carbocycles. The van der Waals surface area contributed by atoms with Gasteiger partial charge in [-0.2, -0.15) is 0 Å². The molecule has 1 aliphatic rings. The van der Waals surface area contributed by atoms with Crippen LogP contribution in [0.15, 0.2) is 41.6 Å². The van der Waals surface area contributed by atoms with Crippen LogP contribution in [0, 0.1) is 0 Å². The van der Waals surface area contributed by atoms with E-state index in [0.717, 1.165) is 0 Å². The molecule has 0 radical (unpaired) electrons. The Balaban J connectivity index is 2.54. The van der Waals surface area contributed by atoms with Gasteiger partial charge in [-0.3, -0.25) is 4.79 Å². The van der Waals surface area contributed by atoms with Crippen LogP contribution in [0.3, 0.4) is 0 Å². The van der Waals surface area contributed by atoms with Crippen molar-refractivity contribution in [1.82, 2.24) is 0 Å². The summed E-state index contributed by atoms with van der Waals surface area (Å²) in [6.07, 6.45) is 4.46. The third kappa shape index (κ3) is 1.49. The molecule has 0 unspecified atom stereocenters. The van der Waals surface area contributed by atoms with Crippen molar-refractivity contribution in [3.63, 3.8) is 0 Å². The smallest absolute Gasteiger partial charge is 0.189 e. The summed E-state index contributed by atoms with van der Waals surface area (Å²) in [5.74, 6) is 0.426. The molecule has 3 heteroatoms. The summed E-state index contributed by atoms with van der Waals surface area (Å²) < 4.78 is 0. The van der Waals surface area contributed by atoms with Gasteiger partial charge in [0.15, 0.2) is 11.5 Å². The number of carbonyl (C=O) groups is 1. The van der Waals surface area contributed by atoms with Gasteiger partial charge >= 0.3 is 0 Å². The van der Waals surface area contributed by atoms with E-state index in [1.54, 1.807) is 30.3 Å². The number of oxime groups is 1. The minimum Gasteiger partial charge on any atom is -0.356 e. The third-order valence-corrected chi connectivity index (χ3v) is 1.70. The SMILES string of the molecule is O=C1/C=C\C=N/Oc2ccccc21. The van der Waals surface area contributed by atoms with Crippen LogP contribution in [0.1, 0.15) is 10.4 Å². The van der Waals surface area contributed by atoms with Crippen molar-refractivity contribution in [1.29, 1.82) is 0 Å². The highest BCUT2D eigenvalue weighted by atomic mass is 16.6. The van der Waals surface area contributed by atoms with Crippen LogP contribution in [0.2, 0.25) is 0 Å². The van der Waals surface area contributed by atoms with Gasteiger partial charge in [0.2, 0.25) is 0 Å². The van der Waals surface area contributed by atoms with Crippen LogP contribution in [-0.4, -0.2) is 12.0 Å². The van der Waals surface area contributed by atoms with E-state index in [4.69, 9.17) is 4.84 Å². The number of fused-ring (bicyclic) bond motifs is 1. The fourth-order valence-corrected chi connectivity index (χ4v) is 1.09. The zero-order chi connectivity index (χ0) is 9.10. The maximum atomic E-state index is 11.4. The Morgan fingerprint density at radius 3 is 3.00 bits per heavy atom. The summed E-state index contributed by atoms with van der Waals surface area (Å²) in [7, 11) is 0. The maximum absolute atomic E-state index is 11.4. The Morgan fingerprint density at radius 1 is 1.23 bits per heavy atom. The molecule has 1 aliphatic heterocycles. The molecule has 1 heterocycles. The predicted octanol–water partition coefficient (Wildman–Crippen LogP) is 1.80. The molecule has 3 nitrogen and oxygen atoms in total. The Bertz CT molecular complexity index is 394. The highest BCUT2D eigenvalue weighted by Gasteiger charge is 2.09. The Morgan fingerprint density at radius 2 is 2.08 bits per heavy atom. The number of hydrogen-bond donors (Lipinski definition) is 0. The van der Waals surface area contributed by atoms with Crippen LogP contribution < -0.4 is 4.84 Å². The molecule has 0 aliphatic carbocycles. The number of para-hydroxylation sites is 1. The highest BCUT2D eigenvalue weighted by molar-refractivity contribution is 6.08. The van der Waals surface area contributed by atoms with E-state index in [9.17, 15) is 4.79 Å².